The number of aromatic nitrogens is 3. The van der Waals surface area contributed by atoms with E-state index in [9.17, 15) is 4.79 Å². The lowest BCUT2D eigenvalue weighted by molar-refractivity contribution is 0.0235. The van der Waals surface area contributed by atoms with Gasteiger partial charge in [-0.15, -0.1) is 11.3 Å². The minimum Gasteiger partial charge on any atom is -0.444 e. The van der Waals surface area contributed by atoms with Gasteiger partial charge in [-0.05, 0) is 59.1 Å². The molecular weight excluding hydrogens is 386 g/mol. The maximum Gasteiger partial charge on any atom is 0.410 e. The Hall–Kier alpha value is -2.35. The van der Waals surface area contributed by atoms with Crippen LogP contribution in [0.4, 0.5) is 10.6 Å². The lowest BCUT2D eigenvalue weighted by Gasteiger charge is -2.28. The summed E-state index contributed by atoms with van der Waals surface area (Å²) in [5.41, 5.74) is 2.89. The van der Waals surface area contributed by atoms with Gasteiger partial charge in [0.1, 0.15) is 10.4 Å². The van der Waals surface area contributed by atoms with Crippen molar-refractivity contribution in [1.29, 1.82) is 0 Å². The van der Waals surface area contributed by atoms with Crippen molar-refractivity contribution in [1.82, 2.24) is 19.7 Å². The third-order valence-electron chi connectivity index (χ3n) is 5.26. The highest BCUT2D eigenvalue weighted by Crippen LogP contribution is 2.38. The zero-order valence-electron chi connectivity index (χ0n) is 18.0. The Bertz CT molecular complexity index is 1080. The predicted molar refractivity (Wildman–Crippen MR) is 118 cm³/mol. The molecule has 0 aromatic carbocycles. The highest BCUT2D eigenvalue weighted by molar-refractivity contribution is 7.26. The molecule has 1 N–H and O–H groups in total. The number of carbonyl (C=O) groups is 1. The molecule has 4 heterocycles. The highest BCUT2D eigenvalue weighted by atomic mass is 32.1. The molecule has 8 heteroatoms. The van der Waals surface area contributed by atoms with Crippen LogP contribution in [0, 0.1) is 13.8 Å². The zero-order valence-corrected chi connectivity index (χ0v) is 18.8. The van der Waals surface area contributed by atoms with Crippen LogP contribution >= 0.6 is 11.3 Å². The van der Waals surface area contributed by atoms with Crippen LogP contribution in [0.3, 0.4) is 0 Å². The third kappa shape index (κ3) is 3.77. The number of nitrogens with one attached hydrogen (secondary N) is 1. The molecule has 3 aromatic heterocycles. The van der Waals surface area contributed by atoms with Crippen LogP contribution in [0.5, 0.6) is 0 Å². The van der Waals surface area contributed by atoms with Crippen LogP contribution in [-0.4, -0.2) is 50.5 Å². The standard InChI is InChI=1S/C21H29N5O2S/c1-12-10-13(2)23-19-15(12)16-17(29-19)18(24-25(16)6)22-11-14-8-7-9-26(14)20(27)28-21(3,4)5/h10,14H,7-9,11H2,1-6H3,(H,22,24). The van der Waals surface area contributed by atoms with Gasteiger partial charge >= 0.3 is 6.09 Å². The second-order valence-electron chi connectivity index (χ2n) is 8.86. The van der Waals surface area contributed by atoms with Gasteiger partial charge in [-0.1, -0.05) is 0 Å². The van der Waals surface area contributed by atoms with E-state index in [1.807, 2.05) is 44.3 Å². The largest absolute Gasteiger partial charge is 0.444 e. The fourth-order valence-electron chi connectivity index (χ4n) is 4.08. The van der Waals surface area contributed by atoms with Crippen LogP contribution in [0.25, 0.3) is 20.4 Å². The number of rotatable bonds is 3. The molecule has 0 spiro atoms. The third-order valence-corrected chi connectivity index (χ3v) is 6.34. The lowest BCUT2D eigenvalue weighted by Crippen LogP contribution is -2.42. The number of hydrogen-bond acceptors (Lipinski definition) is 6. The summed E-state index contributed by atoms with van der Waals surface area (Å²) >= 11 is 1.67. The van der Waals surface area contributed by atoms with Crippen molar-refractivity contribution < 1.29 is 9.53 Å². The Balaban J connectivity index is 1.57. The molecule has 7 nitrogen and oxygen atoms in total. The van der Waals surface area contributed by atoms with Crippen molar-refractivity contribution >= 4 is 43.7 Å². The average molecular weight is 416 g/mol. The monoisotopic (exact) mass is 415 g/mol. The number of pyridine rings is 1. The molecule has 1 unspecified atom stereocenters. The summed E-state index contributed by atoms with van der Waals surface area (Å²) in [5.74, 6) is 0.860. The van der Waals surface area contributed by atoms with Gasteiger partial charge in [-0.2, -0.15) is 5.10 Å². The molecule has 0 aliphatic carbocycles. The summed E-state index contributed by atoms with van der Waals surface area (Å²) in [5, 5.41) is 9.38. The molecule has 156 valence electrons. The molecule has 3 aromatic rings. The summed E-state index contributed by atoms with van der Waals surface area (Å²) < 4.78 is 8.62. The number of carbonyl (C=O) groups excluding carboxylic acids is 1. The first-order valence-corrected chi connectivity index (χ1v) is 10.9. The Kier molecular flexibility index (Phi) is 4.93. The van der Waals surface area contributed by atoms with Gasteiger partial charge in [0, 0.05) is 31.2 Å². The normalized spacial score (nSPS) is 17.4. The van der Waals surface area contributed by atoms with Crippen molar-refractivity contribution in [2.75, 3.05) is 18.4 Å². The first-order valence-electron chi connectivity index (χ1n) is 10.1. The zero-order chi connectivity index (χ0) is 20.9. The lowest BCUT2D eigenvalue weighted by atomic mass is 10.1. The fourth-order valence-corrected chi connectivity index (χ4v) is 5.36. The molecule has 1 aliphatic heterocycles. The molecule has 0 saturated carbocycles. The van der Waals surface area contributed by atoms with Gasteiger partial charge in [0.25, 0.3) is 0 Å². The van der Waals surface area contributed by atoms with E-state index in [4.69, 9.17) is 14.8 Å². The number of hydrogen-bond donors (Lipinski definition) is 1. The van der Waals surface area contributed by atoms with Gasteiger partial charge in [0.15, 0.2) is 5.82 Å². The Morgan fingerprint density at radius 2 is 2.14 bits per heavy atom. The maximum atomic E-state index is 12.5. The van der Waals surface area contributed by atoms with Crippen molar-refractivity contribution in [3.8, 4) is 0 Å². The van der Waals surface area contributed by atoms with Gasteiger partial charge in [0.05, 0.1) is 16.3 Å². The molecular formula is C21H29N5O2S. The number of anilines is 1. The first-order chi connectivity index (χ1) is 13.6. The quantitative estimate of drug-likeness (QED) is 0.676. The van der Waals surface area contributed by atoms with E-state index in [-0.39, 0.29) is 12.1 Å². The van der Waals surface area contributed by atoms with E-state index < -0.39 is 5.60 Å². The van der Waals surface area contributed by atoms with E-state index in [1.165, 1.54) is 10.9 Å². The number of aryl methyl sites for hydroxylation is 3. The molecule has 1 fully saturated rings. The van der Waals surface area contributed by atoms with Gasteiger partial charge in [-0.25, -0.2) is 9.78 Å². The Morgan fingerprint density at radius 1 is 1.38 bits per heavy atom. The number of likely N-dealkylation sites (tertiary alicyclic amines) is 1. The summed E-state index contributed by atoms with van der Waals surface area (Å²) in [7, 11) is 1.97. The molecule has 1 aliphatic rings. The number of nitrogens with zero attached hydrogens (tertiary/aromatic N) is 4. The number of thiophene rings is 1. The highest BCUT2D eigenvalue weighted by Gasteiger charge is 2.32. The van der Waals surface area contributed by atoms with E-state index in [0.29, 0.717) is 6.54 Å². The summed E-state index contributed by atoms with van der Waals surface area (Å²) in [4.78, 5) is 20.1. The molecule has 0 radical (unpaired) electrons. The second-order valence-corrected chi connectivity index (χ2v) is 9.86. The molecule has 29 heavy (non-hydrogen) atoms. The van der Waals surface area contributed by atoms with Crippen molar-refractivity contribution in [2.45, 2.75) is 59.1 Å². The SMILES string of the molecule is Cc1cc(C)c2c(n1)sc1c(NCC3CCCN3C(=O)OC(C)(C)C)nn(C)c12. The van der Waals surface area contributed by atoms with E-state index in [0.717, 1.165) is 45.9 Å². The topological polar surface area (TPSA) is 72.3 Å². The molecule has 1 atom stereocenters. The summed E-state index contributed by atoms with van der Waals surface area (Å²) in [6, 6.07) is 2.23. The molecule has 1 saturated heterocycles. The Morgan fingerprint density at radius 3 is 2.86 bits per heavy atom. The van der Waals surface area contributed by atoms with Crippen molar-refractivity contribution in [2.24, 2.45) is 7.05 Å². The van der Waals surface area contributed by atoms with Crippen LogP contribution in [0.15, 0.2) is 6.07 Å². The van der Waals surface area contributed by atoms with E-state index in [1.54, 1.807) is 11.3 Å². The molecule has 4 rings (SSSR count). The summed E-state index contributed by atoms with van der Waals surface area (Å²) in [6.45, 7) is 11.3. The minimum absolute atomic E-state index is 0.110. The van der Waals surface area contributed by atoms with Crippen LogP contribution < -0.4 is 5.32 Å². The summed E-state index contributed by atoms with van der Waals surface area (Å²) in [6.07, 6.45) is 1.73. The molecule has 1 amide bonds. The number of amides is 1. The fraction of sp³-hybridized carbons (Fsp3) is 0.571. The second kappa shape index (κ2) is 7.16. The maximum absolute atomic E-state index is 12.5. The Labute approximate surface area is 175 Å². The van der Waals surface area contributed by atoms with Crippen LogP contribution in [0.2, 0.25) is 0 Å². The van der Waals surface area contributed by atoms with E-state index in [2.05, 4.69) is 18.3 Å². The van der Waals surface area contributed by atoms with Crippen LogP contribution in [0.1, 0.15) is 44.9 Å². The average Bonchev–Trinajstić information content (AvgIpc) is 3.26. The predicted octanol–water partition coefficient (Wildman–Crippen LogP) is 4.61. The van der Waals surface area contributed by atoms with Gasteiger partial charge in [-0.3, -0.25) is 4.68 Å². The van der Waals surface area contributed by atoms with Crippen molar-refractivity contribution in [3.05, 3.63) is 17.3 Å². The minimum atomic E-state index is -0.481. The first kappa shape index (κ1) is 19.9. The smallest absolute Gasteiger partial charge is 0.410 e. The number of ether oxygens (including phenoxy) is 1. The van der Waals surface area contributed by atoms with E-state index >= 15 is 0 Å². The van der Waals surface area contributed by atoms with Crippen molar-refractivity contribution in [3.63, 3.8) is 0 Å². The number of fused-ring (bicyclic) bond motifs is 3. The molecule has 0 bridgehead atoms. The van der Waals surface area contributed by atoms with Gasteiger partial charge in [0.2, 0.25) is 0 Å². The van der Waals surface area contributed by atoms with Crippen LogP contribution in [-0.2, 0) is 11.8 Å². The van der Waals surface area contributed by atoms with Gasteiger partial charge < -0.3 is 15.0 Å².